The summed E-state index contributed by atoms with van der Waals surface area (Å²) in [5.41, 5.74) is 0.682. The summed E-state index contributed by atoms with van der Waals surface area (Å²) in [6.45, 7) is 6.46. The lowest BCUT2D eigenvalue weighted by Crippen LogP contribution is -2.38. The molecule has 1 aliphatic rings. The molecule has 1 aliphatic heterocycles. The van der Waals surface area contributed by atoms with Crippen LogP contribution in [0.2, 0.25) is 0 Å². The first-order chi connectivity index (χ1) is 15.9. The van der Waals surface area contributed by atoms with Gasteiger partial charge in [-0.25, -0.2) is 4.39 Å². The van der Waals surface area contributed by atoms with E-state index in [-0.39, 0.29) is 23.4 Å². The van der Waals surface area contributed by atoms with Crippen LogP contribution in [0, 0.1) is 5.82 Å². The van der Waals surface area contributed by atoms with Gasteiger partial charge >= 0.3 is 0 Å². The maximum atomic E-state index is 13.6. The molecule has 0 aliphatic carbocycles. The molecule has 2 aromatic carbocycles. The first-order valence-corrected chi connectivity index (χ1v) is 10.8. The number of ether oxygens (including phenoxy) is 2. The van der Waals surface area contributed by atoms with Gasteiger partial charge in [0, 0.05) is 13.1 Å². The highest BCUT2D eigenvalue weighted by Gasteiger charge is 2.46. The molecule has 1 amide bonds. The van der Waals surface area contributed by atoms with Crippen molar-refractivity contribution in [2.24, 2.45) is 0 Å². The average molecular weight is 457 g/mol. The summed E-state index contributed by atoms with van der Waals surface area (Å²) in [7, 11) is 2.93. The number of rotatable bonds is 9. The SMILES string of the molecule is CCN(CC)CCN1C(=O)C(=O)/C(=C(/O)c2cc(OC)ccc2OC)C1c1ccc(F)cc1. The minimum absolute atomic E-state index is 0.0716. The summed E-state index contributed by atoms with van der Waals surface area (Å²) in [6.07, 6.45) is 0. The molecule has 1 N–H and O–H groups in total. The first-order valence-electron chi connectivity index (χ1n) is 10.8. The summed E-state index contributed by atoms with van der Waals surface area (Å²) in [6, 6.07) is 9.53. The van der Waals surface area contributed by atoms with Gasteiger partial charge in [0.25, 0.3) is 11.7 Å². The zero-order valence-electron chi connectivity index (χ0n) is 19.3. The second-order valence-corrected chi connectivity index (χ2v) is 7.64. The molecule has 33 heavy (non-hydrogen) atoms. The second-order valence-electron chi connectivity index (χ2n) is 7.64. The number of aliphatic hydroxyl groups excluding tert-OH is 1. The Morgan fingerprint density at radius 1 is 1.06 bits per heavy atom. The van der Waals surface area contributed by atoms with Gasteiger partial charge in [-0.3, -0.25) is 9.59 Å². The molecule has 1 heterocycles. The largest absolute Gasteiger partial charge is 0.507 e. The highest BCUT2D eigenvalue weighted by atomic mass is 19.1. The molecule has 0 spiro atoms. The van der Waals surface area contributed by atoms with Crippen molar-refractivity contribution in [1.82, 2.24) is 9.80 Å². The number of likely N-dealkylation sites (N-methyl/N-ethyl adjacent to an activating group) is 1. The van der Waals surface area contributed by atoms with Crippen molar-refractivity contribution in [3.05, 3.63) is 65.0 Å². The molecule has 7 nitrogen and oxygen atoms in total. The number of aliphatic hydroxyl groups is 1. The minimum atomic E-state index is -0.864. The van der Waals surface area contributed by atoms with Crippen molar-refractivity contribution < 1.29 is 28.6 Å². The number of benzene rings is 2. The molecule has 3 rings (SSSR count). The molecule has 1 fully saturated rings. The fraction of sp³-hybridized carbons (Fsp3) is 0.360. The number of likely N-dealkylation sites (tertiary alicyclic amines) is 1. The molecule has 0 saturated carbocycles. The van der Waals surface area contributed by atoms with Gasteiger partial charge in [0.1, 0.15) is 23.1 Å². The van der Waals surface area contributed by atoms with Crippen molar-refractivity contribution in [2.45, 2.75) is 19.9 Å². The van der Waals surface area contributed by atoms with Gasteiger partial charge in [-0.15, -0.1) is 0 Å². The van der Waals surface area contributed by atoms with Crippen LogP contribution >= 0.6 is 0 Å². The predicted octanol–water partition coefficient (Wildman–Crippen LogP) is 3.61. The van der Waals surface area contributed by atoms with Gasteiger partial charge < -0.3 is 24.4 Å². The third-order valence-corrected chi connectivity index (χ3v) is 5.94. The van der Waals surface area contributed by atoms with Crippen molar-refractivity contribution in [1.29, 1.82) is 0 Å². The van der Waals surface area contributed by atoms with E-state index in [9.17, 15) is 19.1 Å². The third kappa shape index (κ3) is 4.85. The number of hydrogen-bond donors (Lipinski definition) is 1. The predicted molar refractivity (Wildman–Crippen MR) is 123 cm³/mol. The topological polar surface area (TPSA) is 79.3 Å². The second kappa shape index (κ2) is 10.5. The summed E-state index contributed by atoms with van der Waals surface area (Å²) in [5, 5.41) is 11.3. The molecule has 0 radical (unpaired) electrons. The Labute approximate surface area is 193 Å². The van der Waals surface area contributed by atoms with E-state index in [1.165, 1.54) is 43.4 Å². The molecule has 2 aromatic rings. The van der Waals surface area contributed by atoms with E-state index in [4.69, 9.17) is 9.47 Å². The Bertz CT molecular complexity index is 1050. The van der Waals surface area contributed by atoms with Crippen LogP contribution in [0.4, 0.5) is 4.39 Å². The third-order valence-electron chi connectivity index (χ3n) is 5.94. The lowest BCUT2D eigenvalue weighted by molar-refractivity contribution is -0.140. The number of Topliss-reactive ketones (excluding diaryl/α,β-unsaturated/α-hetero) is 1. The van der Waals surface area contributed by atoms with Crippen LogP contribution in [-0.4, -0.2) is 67.0 Å². The lowest BCUT2D eigenvalue weighted by atomic mass is 9.95. The Morgan fingerprint density at radius 2 is 1.73 bits per heavy atom. The molecule has 1 saturated heterocycles. The highest BCUT2D eigenvalue weighted by Crippen LogP contribution is 2.41. The normalized spacial score (nSPS) is 17.6. The van der Waals surface area contributed by atoms with E-state index in [1.54, 1.807) is 18.2 Å². The van der Waals surface area contributed by atoms with Gasteiger partial charge in [0.05, 0.1) is 31.4 Å². The molecule has 0 bridgehead atoms. The van der Waals surface area contributed by atoms with Gasteiger partial charge in [-0.2, -0.15) is 0 Å². The number of methoxy groups -OCH3 is 2. The summed E-state index contributed by atoms with van der Waals surface area (Å²) in [5.74, 6) is -1.55. The summed E-state index contributed by atoms with van der Waals surface area (Å²) in [4.78, 5) is 29.8. The summed E-state index contributed by atoms with van der Waals surface area (Å²) >= 11 is 0. The quantitative estimate of drug-likeness (QED) is 0.353. The monoisotopic (exact) mass is 456 g/mol. The van der Waals surface area contributed by atoms with Gasteiger partial charge in [-0.05, 0) is 49.0 Å². The number of ketones is 1. The van der Waals surface area contributed by atoms with E-state index < -0.39 is 23.5 Å². The van der Waals surface area contributed by atoms with Crippen molar-refractivity contribution >= 4 is 17.4 Å². The van der Waals surface area contributed by atoms with Crippen LogP contribution in [0.15, 0.2) is 48.0 Å². The zero-order chi connectivity index (χ0) is 24.1. The molecule has 1 atom stereocenters. The van der Waals surface area contributed by atoms with Crippen molar-refractivity contribution in [3.63, 3.8) is 0 Å². The Morgan fingerprint density at radius 3 is 2.30 bits per heavy atom. The maximum absolute atomic E-state index is 13.6. The number of nitrogens with zero attached hydrogens (tertiary/aromatic N) is 2. The van der Waals surface area contributed by atoms with Gasteiger partial charge in [0.2, 0.25) is 0 Å². The fourth-order valence-electron chi connectivity index (χ4n) is 4.04. The molecule has 8 heteroatoms. The first kappa shape index (κ1) is 24.3. The molecule has 176 valence electrons. The van der Waals surface area contributed by atoms with E-state index in [0.29, 0.717) is 23.6 Å². The lowest BCUT2D eigenvalue weighted by Gasteiger charge is -2.28. The number of hydrogen-bond acceptors (Lipinski definition) is 6. The van der Waals surface area contributed by atoms with Crippen LogP contribution in [-0.2, 0) is 9.59 Å². The van der Waals surface area contributed by atoms with Crippen molar-refractivity contribution in [2.75, 3.05) is 40.4 Å². The zero-order valence-corrected chi connectivity index (χ0v) is 19.3. The van der Waals surface area contributed by atoms with Crippen LogP contribution in [0.3, 0.4) is 0 Å². The Hall–Kier alpha value is -3.39. The number of carbonyl (C=O) groups excluding carboxylic acids is 2. The average Bonchev–Trinajstić information content (AvgIpc) is 3.09. The Balaban J connectivity index is 2.16. The molecular weight excluding hydrogens is 427 g/mol. The minimum Gasteiger partial charge on any atom is -0.507 e. The smallest absolute Gasteiger partial charge is 0.295 e. The summed E-state index contributed by atoms with van der Waals surface area (Å²) < 4.78 is 24.2. The van der Waals surface area contributed by atoms with Gasteiger partial charge in [0.15, 0.2) is 0 Å². The van der Waals surface area contributed by atoms with Crippen LogP contribution < -0.4 is 9.47 Å². The van der Waals surface area contributed by atoms with E-state index >= 15 is 0 Å². The number of carbonyl (C=O) groups is 2. The molecular formula is C25H29FN2O5. The van der Waals surface area contributed by atoms with Crippen molar-refractivity contribution in [3.8, 4) is 11.5 Å². The number of amides is 1. The molecule has 1 unspecified atom stereocenters. The van der Waals surface area contributed by atoms with E-state index in [2.05, 4.69) is 4.90 Å². The van der Waals surface area contributed by atoms with Crippen LogP contribution in [0.1, 0.15) is 31.0 Å². The fourth-order valence-corrected chi connectivity index (χ4v) is 4.04. The van der Waals surface area contributed by atoms with Crippen LogP contribution in [0.5, 0.6) is 11.5 Å². The number of halogens is 1. The highest BCUT2D eigenvalue weighted by molar-refractivity contribution is 6.46. The molecule has 0 aromatic heterocycles. The van der Waals surface area contributed by atoms with Gasteiger partial charge in [-0.1, -0.05) is 26.0 Å². The van der Waals surface area contributed by atoms with E-state index in [1.807, 2.05) is 13.8 Å². The standard InChI is InChI=1S/C25H29FN2O5/c1-5-27(6-2)13-14-28-22(16-7-9-17(26)10-8-16)21(24(30)25(28)31)23(29)19-15-18(32-3)11-12-20(19)33-4/h7-12,15,22,29H,5-6,13-14H2,1-4H3/b23-21+. The Kier molecular flexibility index (Phi) is 7.71. The van der Waals surface area contributed by atoms with Crippen LogP contribution in [0.25, 0.3) is 5.76 Å². The maximum Gasteiger partial charge on any atom is 0.295 e. The van der Waals surface area contributed by atoms with E-state index in [0.717, 1.165) is 13.1 Å².